The highest BCUT2D eigenvalue weighted by Gasteiger charge is 2.18. The summed E-state index contributed by atoms with van der Waals surface area (Å²) >= 11 is 12.2. The Morgan fingerprint density at radius 2 is 2.08 bits per heavy atom. The molecule has 1 N–H and O–H groups in total. The first-order valence-electron chi connectivity index (χ1n) is 7.73. The van der Waals surface area contributed by atoms with E-state index in [2.05, 4.69) is 20.8 Å². The molecule has 0 aliphatic heterocycles. The molecule has 0 spiro atoms. The molecular formula is C18H19Cl2FNO2P. The van der Waals surface area contributed by atoms with Crippen LogP contribution in [0.3, 0.4) is 0 Å². The lowest BCUT2D eigenvalue weighted by Gasteiger charge is -2.17. The van der Waals surface area contributed by atoms with Crippen LogP contribution in [0, 0.1) is 5.82 Å². The topological polar surface area (TPSA) is 42.4 Å². The molecule has 0 amide bonds. The predicted octanol–water partition coefficient (Wildman–Crippen LogP) is 4.54. The smallest absolute Gasteiger partial charge is 0.134 e. The lowest BCUT2D eigenvalue weighted by molar-refractivity contribution is 0.103. The molecule has 25 heavy (non-hydrogen) atoms. The van der Waals surface area contributed by atoms with Crippen molar-refractivity contribution in [2.45, 2.75) is 25.9 Å². The largest absolute Gasteiger partial charge is 0.496 e. The van der Waals surface area contributed by atoms with E-state index in [9.17, 15) is 9.50 Å². The Kier molecular flexibility index (Phi) is 7.21. The number of aliphatic hydroxyl groups excluding tert-OH is 1. The highest BCUT2D eigenvalue weighted by atomic mass is 35.5. The van der Waals surface area contributed by atoms with Gasteiger partial charge in [-0.1, -0.05) is 41.9 Å². The minimum absolute atomic E-state index is 0.178. The molecule has 2 rings (SSSR count). The van der Waals surface area contributed by atoms with Gasteiger partial charge in [0.1, 0.15) is 28.0 Å². The zero-order valence-corrected chi connectivity index (χ0v) is 16.4. The molecule has 3 nitrogen and oxygen atoms in total. The van der Waals surface area contributed by atoms with Crippen molar-refractivity contribution >= 4 is 37.7 Å². The number of ether oxygens (including phenoxy) is 1. The highest BCUT2D eigenvalue weighted by molar-refractivity contribution is 7.27. The van der Waals surface area contributed by atoms with Gasteiger partial charge < -0.3 is 9.84 Å². The number of rotatable bonds is 7. The minimum atomic E-state index is -0.848. The molecule has 0 saturated heterocycles. The average Bonchev–Trinajstić information content (AvgIpc) is 2.53. The fourth-order valence-electron chi connectivity index (χ4n) is 2.46. The average molecular weight is 402 g/mol. The maximum atomic E-state index is 14.4. The molecule has 1 aromatic heterocycles. The first kappa shape index (κ1) is 20.1. The van der Waals surface area contributed by atoms with Crippen LogP contribution in [0.15, 0.2) is 36.6 Å². The van der Waals surface area contributed by atoms with Crippen molar-refractivity contribution in [2.24, 2.45) is 0 Å². The van der Waals surface area contributed by atoms with Gasteiger partial charge >= 0.3 is 0 Å². The molecule has 0 fully saturated rings. The van der Waals surface area contributed by atoms with E-state index in [1.54, 1.807) is 18.2 Å². The summed E-state index contributed by atoms with van der Waals surface area (Å²) in [5, 5.41) is 11.2. The van der Waals surface area contributed by atoms with Crippen LogP contribution in [0.2, 0.25) is 10.3 Å². The zero-order valence-electron chi connectivity index (χ0n) is 13.7. The van der Waals surface area contributed by atoms with Crippen molar-refractivity contribution < 1.29 is 14.2 Å². The van der Waals surface area contributed by atoms with E-state index in [0.29, 0.717) is 41.9 Å². The SMILES string of the molecule is C=C(OCC)C(O)CCc1c(-c2ccc(P)cc2F)cc(Cl)nc1Cl. The third-order valence-electron chi connectivity index (χ3n) is 3.70. The summed E-state index contributed by atoms with van der Waals surface area (Å²) < 4.78 is 19.6. The van der Waals surface area contributed by atoms with E-state index in [1.807, 2.05) is 6.92 Å². The van der Waals surface area contributed by atoms with Crippen molar-refractivity contribution in [2.75, 3.05) is 6.61 Å². The number of pyridine rings is 1. The molecule has 0 saturated carbocycles. The summed E-state index contributed by atoms with van der Waals surface area (Å²) in [6, 6.07) is 6.44. The molecule has 0 aliphatic rings. The van der Waals surface area contributed by atoms with Crippen LogP contribution in [0.4, 0.5) is 4.39 Å². The van der Waals surface area contributed by atoms with Crippen molar-refractivity contribution in [3.8, 4) is 11.1 Å². The van der Waals surface area contributed by atoms with Crippen LogP contribution in [-0.4, -0.2) is 22.8 Å². The van der Waals surface area contributed by atoms with Gasteiger partial charge in [0.05, 0.1) is 6.61 Å². The number of halogens is 3. The second-order valence-electron chi connectivity index (χ2n) is 5.45. The number of nitrogens with zero attached hydrogens (tertiary/aromatic N) is 1. The third kappa shape index (κ3) is 5.15. The molecule has 0 bridgehead atoms. The summed E-state index contributed by atoms with van der Waals surface area (Å²) in [6.07, 6.45) is -0.162. The van der Waals surface area contributed by atoms with Crippen LogP contribution in [-0.2, 0) is 11.2 Å². The molecule has 2 aromatic rings. The first-order chi connectivity index (χ1) is 11.8. The lowest BCUT2D eigenvalue weighted by atomic mass is 9.97. The van der Waals surface area contributed by atoms with Crippen molar-refractivity contribution in [3.63, 3.8) is 0 Å². The fraction of sp³-hybridized carbons (Fsp3) is 0.278. The Bertz CT molecular complexity index is 786. The quantitative estimate of drug-likeness (QED) is 0.420. The monoisotopic (exact) mass is 401 g/mol. The number of aromatic nitrogens is 1. The third-order valence-corrected chi connectivity index (χ3v) is 4.56. The van der Waals surface area contributed by atoms with Crippen LogP contribution in [0.25, 0.3) is 11.1 Å². The molecule has 1 heterocycles. The molecule has 7 heteroatoms. The van der Waals surface area contributed by atoms with Gasteiger partial charge in [0.15, 0.2) is 0 Å². The highest BCUT2D eigenvalue weighted by Crippen LogP contribution is 2.33. The number of aliphatic hydroxyl groups is 1. The Morgan fingerprint density at radius 1 is 1.36 bits per heavy atom. The maximum Gasteiger partial charge on any atom is 0.134 e. The fourth-order valence-corrected chi connectivity index (χ4v) is 3.23. The first-order valence-corrected chi connectivity index (χ1v) is 9.06. The van der Waals surface area contributed by atoms with E-state index >= 15 is 0 Å². The Hall–Kier alpha value is -1.19. The Labute approximate surface area is 159 Å². The van der Waals surface area contributed by atoms with Gasteiger partial charge in [-0.05, 0) is 48.3 Å². The summed E-state index contributed by atoms with van der Waals surface area (Å²) in [5.41, 5.74) is 1.55. The molecule has 134 valence electrons. The standard InChI is InChI=1S/C18H19Cl2FNO2P/c1-3-24-10(2)16(23)7-6-13-14(9-17(19)22-18(13)20)12-5-4-11(25)8-15(12)21/h4-5,8-9,16,23H,2-3,6-7,25H2,1H3. The van der Waals surface area contributed by atoms with Gasteiger partial charge in [-0.2, -0.15) is 0 Å². The van der Waals surface area contributed by atoms with Crippen LogP contribution < -0.4 is 5.30 Å². The summed E-state index contributed by atoms with van der Waals surface area (Å²) in [7, 11) is 2.45. The van der Waals surface area contributed by atoms with Crippen molar-refractivity contribution in [3.05, 3.63) is 58.3 Å². The lowest BCUT2D eigenvalue weighted by Crippen LogP contribution is -2.14. The summed E-state index contributed by atoms with van der Waals surface area (Å²) in [5.74, 6) is -0.0907. The van der Waals surface area contributed by atoms with Gasteiger partial charge in [0, 0.05) is 5.56 Å². The molecule has 1 aromatic carbocycles. The second kappa shape index (κ2) is 8.95. The van der Waals surface area contributed by atoms with Gasteiger partial charge in [-0.15, -0.1) is 9.24 Å². The maximum absolute atomic E-state index is 14.4. The Balaban J connectivity index is 2.36. The number of benzene rings is 1. The molecular weight excluding hydrogens is 383 g/mol. The minimum Gasteiger partial charge on any atom is -0.496 e. The van der Waals surface area contributed by atoms with E-state index < -0.39 is 6.10 Å². The van der Waals surface area contributed by atoms with E-state index in [-0.39, 0.29) is 16.1 Å². The zero-order chi connectivity index (χ0) is 18.6. The molecule has 2 unspecified atom stereocenters. The number of hydrogen-bond donors (Lipinski definition) is 1. The van der Waals surface area contributed by atoms with Gasteiger partial charge in [-0.25, -0.2) is 9.37 Å². The molecule has 0 radical (unpaired) electrons. The predicted molar refractivity (Wildman–Crippen MR) is 104 cm³/mol. The summed E-state index contributed by atoms with van der Waals surface area (Å²) in [4.78, 5) is 4.04. The van der Waals surface area contributed by atoms with E-state index in [1.165, 1.54) is 6.07 Å². The normalized spacial score (nSPS) is 12.1. The van der Waals surface area contributed by atoms with Crippen LogP contribution >= 0.6 is 32.4 Å². The van der Waals surface area contributed by atoms with Crippen LogP contribution in [0.1, 0.15) is 18.9 Å². The second-order valence-corrected chi connectivity index (χ2v) is 6.87. The van der Waals surface area contributed by atoms with E-state index in [0.717, 1.165) is 5.30 Å². The van der Waals surface area contributed by atoms with Gasteiger partial charge in [-0.3, -0.25) is 0 Å². The number of hydrogen-bond acceptors (Lipinski definition) is 3. The van der Waals surface area contributed by atoms with Crippen molar-refractivity contribution in [1.82, 2.24) is 4.98 Å². The molecule has 2 atom stereocenters. The van der Waals surface area contributed by atoms with Gasteiger partial charge in [0.25, 0.3) is 0 Å². The summed E-state index contributed by atoms with van der Waals surface area (Å²) in [6.45, 7) is 5.93. The van der Waals surface area contributed by atoms with Crippen LogP contribution in [0.5, 0.6) is 0 Å². The van der Waals surface area contributed by atoms with Crippen molar-refractivity contribution in [1.29, 1.82) is 0 Å². The molecule has 0 aliphatic carbocycles. The van der Waals surface area contributed by atoms with Gasteiger partial charge in [0.2, 0.25) is 0 Å². The van der Waals surface area contributed by atoms with E-state index in [4.69, 9.17) is 27.9 Å². The Morgan fingerprint density at radius 3 is 2.72 bits per heavy atom.